The van der Waals surface area contributed by atoms with Crippen LogP contribution in [0.3, 0.4) is 0 Å². The summed E-state index contributed by atoms with van der Waals surface area (Å²) in [5.74, 6) is 3.36. The third-order valence-electron chi connectivity index (χ3n) is 7.52. The highest BCUT2D eigenvalue weighted by Crippen LogP contribution is 2.36. The number of piperazine rings is 1. The summed E-state index contributed by atoms with van der Waals surface area (Å²) in [6.45, 7) is 10.2. The first-order valence-corrected chi connectivity index (χ1v) is 14.8. The van der Waals surface area contributed by atoms with Crippen molar-refractivity contribution >= 4 is 34.7 Å². The zero-order valence-electron chi connectivity index (χ0n) is 25.2. The van der Waals surface area contributed by atoms with Crippen molar-refractivity contribution in [2.24, 2.45) is 5.92 Å². The second-order valence-corrected chi connectivity index (χ2v) is 12.2. The van der Waals surface area contributed by atoms with Crippen molar-refractivity contribution in [1.82, 2.24) is 34.7 Å². The Hall–Kier alpha value is -4.45. The molecule has 1 aliphatic carbocycles. The second-order valence-electron chi connectivity index (χ2n) is 12.2. The molecule has 3 aromatic heterocycles. The van der Waals surface area contributed by atoms with Crippen LogP contribution in [0.25, 0.3) is 22.3 Å². The number of nitrogens with one attached hydrogen (secondary N) is 3. The van der Waals surface area contributed by atoms with Gasteiger partial charge in [0.1, 0.15) is 23.4 Å². The summed E-state index contributed by atoms with van der Waals surface area (Å²) in [5.41, 5.74) is 3.96. The largest absolute Gasteiger partial charge is 0.491 e. The van der Waals surface area contributed by atoms with Crippen molar-refractivity contribution in [2.45, 2.75) is 45.8 Å². The zero-order chi connectivity index (χ0) is 30.0. The Morgan fingerprint density at radius 2 is 1.88 bits per heavy atom. The van der Waals surface area contributed by atoms with Gasteiger partial charge in [-0.2, -0.15) is 0 Å². The summed E-state index contributed by atoms with van der Waals surface area (Å²) in [7, 11) is 1.65. The van der Waals surface area contributed by atoms with Crippen LogP contribution in [0.15, 0.2) is 42.9 Å². The van der Waals surface area contributed by atoms with Gasteiger partial charge in [-0.1, -0.05) is 6.07 Å². The minimum absolute atomic E-state index is 0.248. The molecule has 4 heterocycles. The molecule has 1 aliphatic heterocycles. The number of carbonyl (C=O) groups excluding carboxylic acids is 1. The number of aromatic amines is 1. The van der Waals surface area contributed by atoms with Crippen LogP contribution < -0.4 is 15.4 Å². The first kappa shape index (κ1) is 28.7. The van der Waals surface area contributed by atoms with Gasteiger partial charge < -0.3 is 30.0 Å². The minimum Gasteiger partial charge on any atom is -0.491 e. The minimum atomic E-state index is -0.489. The molecule has 1 aromatic carbocycles. The number of aromatic nitrogens is 5. The lowest BCUT2D eigenvalue weighted by Gasteiger charge is -2.35. The van der Waals surface area contributed by atoms with Gasteiger partial charge in [0.15, 0.2) is 11.6 Å². The number of benzene rings is 1. The smallest absolute Gasteiger partial charge is 0.410 e. The van der Waals surface area contributed by atoms with Crippen molar-refractivity contribution in [3.63, 3.8) is 0 Å². The molecule has 43 heavy (non-hydrogen) atoms. The van der Waals surface area contributed by atoms with Crippen LogP contribution in [-0.2, 0) is 11.3 Å². The fraction of sp³-hybridized carbons (Fsp3) is 0.452. The Bertz CT molecular complexity index is 1590. The number of methoxy groups -OCH3 is 1. The number of ether oxygens (including phenoxy) is 2. The molecule has 0 atom stereocenters. The van der Waals surface area contributed by atoms with E-state index in [1.807, 2.05) is 51.1 Å². The van der Waals surface area contributed by atoms with Crippen LogP contribution in [0.4, 0.5) is 22.4 Å². The van der Waals surface area contributed by atoms with Gasteiger partial charge in [0.25, 0.3) is 0 Å². The molecule has 4 aromatic rings. The highest BCUT2D eigenvalue weighted by molar-refractivity contribution is 5.85. The van der Waals surface area contributed by atoms with E-state index in [0.29, 0.717) is 42.3 Å². The maximum absolute atomic E-state index is 12.4. The fourth-order valence-electron chi connectivity index (χ4n) is 5.11. The lowest BCUT2D eigenvalue weighted by atomic mass is 10.1. The maximum atomic E-state index is 12.4. The van der Waals surface area contributed by atoms with Gasteiger partial charge in [-0.05, 0) is 69.4 Å². The van der Waals surface area contributed by atoms with E-state index in [4.69, 9.17) is 14.5 Å². The quantitative estimate of drug-likeness (QED) is 0.245. The molecule has 1 saturated heterocycles. The summed E-state index contributed by atoms with van der Waals surface area (Å²) in [6, 6.07) is 10.0. The van der Waals surface area contributed by atoms with Crippen LogP contribution in [0.2, 0.25) is 0 Å². The van der Waals surface area contributed by atoms with E-state index in [0.717, 1.165) is 54.0 Å². The van der Waals surface area contributed by atoms with Crippen LogP contribution in [-0.4, -0.2) is 86.2 Å². The third kappa shape index (κ3) is 7.14. The zero-order valence-corrected chi connectivity index (χ0v) is 25.2. The number of amides is 1. The van der Waals surface area contributed by atoms with E-state index in [2.05, 4.69) is 35.5 Å². The van der Waals surface area contributed by atoms with Crippen LogP contribution >= 0.6 is 0 Å². The van der Waals surface area contributed by atoms with Gasteiger partial charge in [0.2, 0.25) is 5.95 Å². The standard InChI is InChI=1S/C31H39N9O3/c1-31(2,3)43-30(41)40-13-11-39(12-14-40)18-21-9-10-32-25(15-21)38-29-36-23-8-7-22(16-24(23)37-29)26-27(42-4)28(35-19-34-26)33-17-20-5-6-20/h7-10,15-16,19-20H,5-6,11-14,17-18H2,1-4H3,(H,33,34,35)(H2,32,36,37,38). The van der Waals surface area contributed by atoms with E-state index in [1.54, 1.807) is 24.5 Å². The number of pyridine rings is 1. The average Bonchev–Trinajstić information content (AvgIpc) is 3.73. The molecule has 0 radical (unpaired) electrons. The Labute approximate surface area is 251 Å². The normalized spacial score (nSPS) is 15.9. The van der Waals surface area contributed by atoms with Gasteiger partial charge in [0.05, 0.1) is 18.1 Å². The number of hydrogen-bond donors (Lipinski definition) is 3. The van der Waals surface area contributed by atoms with Gasteiger partial charge in [0, 0.05) is 51.0 Å². The van der Waals surface area contributed by atoms with Gasteiger partial charge in [-0.15, -0.1) is 0 Å². The van der Waals surface area contributed by atoms with Gasteiger partial charge >= 0.3 is 6.09 Å². The highest BCUT2D eigenvalue weighted by Gasteiger charge is 2.26. The molecule has 0 spiro atoms. The van der Waals surface area contributed by atoms with Crippen molar-refractivity contribution in [3.8, 4) is 17.0 Å². The molecule has 6 rings (SSSR count). The molecule has 3 N–H and O–H groups in total. The predicted molar refractivity (Wildman–Crippen MR) is 165 cm³/mol. The maximum Gasteiger partial charge on any atom is 0.410 e. The molecular formula is C31H39N9O3. The van der Waals surface area contributed by atoms with Gasteiger partial charge in [-0.25, -0.2) is 24.7 Å². The van der Waals surface area contributed by atoms with E-state index in [9.17, 15) is 4.79 Å². The summed E-state index contributed by atoms with van der Waals surface area (Å²) in [4.78, 5) is 38.0. The number of rotatable bonds is 9. The number of anilines is 3. The van der Waals surface area contributed by atoms with E-state index >= 15 is 0 Å². The van der Waals surface area contributed by atoms with Crippen LogP contribution in [0.5, 0.6) is 5.75 Å². The molecule has 1 amide bonds. The molecule has 226 valence electrons. The lowest BCUT2D eigenvalue weighted by Crippen LogP contribution is -2.49. The Morgan fingerprint density at radius 3 is 2.63 bits per heavy atom. The molecular weight excluding hydrogens is 546 g/mol. The number of H-pyrrole nitrogens is 1. The van der Waals surface area contributed by atoms with Gasteiger partial charge in [-0.3, -0.25) is 4.90 Å². The Balaban J connectivity index is 1.10. The molecule has 1 saturated carbocycles. The Kier molecular flexibility index (Phi) is 8.02. The van der Waals surface area contributed by atoms with Crippen LogP contribution in [0, 0.1) is 5.92 Å². The second kappa shape index (κ2) is 12.0. The molecule has 12 heteroatoms. The predicted octanol–water partition coefficient (Wildman–Crippen LogP) is 5.04. The van der Waals surface area contributed by atoms with Crippen molar-refractivity contribution in [1.29, 1.82) is 0 Å². The van der Waals surface area contributed by atoms with Crippen molar-refractivity contribution in [3.05, 3.63) is 48.4 Å². The van der Waals surface area contributed by atoms with Crippen molar-refractivity contribution in [2.75, 3.05) is 50.5 Å². The monoisotopic (exact) mass is 585 g/mol. The number of imidazole rings is 1. The first-order chi connectivity index (χ1) is 20.7. The fourth-order valence-corrected chi connectivity index (χ4v) is 5.11. The van der Waals surface area contributed by atoms with E-state index in [1.165, 1.54) is 12.8 Å². The highest BCUT2D eigenvalue weighted by atomic mass is 16.6. The molecule has 0 bridgehead atoms. The number of nitrogens with zero attached hydrogens (tertiary/aromatic N) is 6. The average molecular weight is 586 g/mol. The van der Waals surface area contributed by atoms with Crippen LogP contribution in [0.1, 0.15) is 39.2 Å². The third-order valence-corrected chi connectivity index (χ3v) is 7.52. The number of carbonyl (C=O) groups is 1. The SMILES string of the molecule is COc1c(NCC2CC2)ncnc1-c1ccc2nc(Nc3cc(CN4CCN(C(=O)OC(C)(C)C)CC4)ccn3)[nH]c2c1. The van der Waals surface area contributed by atoms with E-state index in [-0.39, 0.29) is 6.09 Å². The van der Waals surface area contributed by atoms with E-state index < -0.39 is 5.60 Å². The first-order valence-electron chi connectivity index (χ1n) is 14.8. The molecule has 2 fully saturated rings. The molecule has 12 nitrogen and oxygen atoms in total. The molecule has 0 unspecified atom stereocenters. The molecule has 2 aliphatic rings. The summed E-state index contributed by atoms with van der Waals surface area (Å²) in [6.07, 6.45) is 5.63. The van der Waals surface area contributed by atoms with Crippen molar-refractivity contribution < 1.29 is 14.3 Å². The lowest BCUT2D eigenvalue weighted by molar-refractivity contribution is 0.0139. The Morgan fingerprint density at radius 1 is 1.07 bits per heavy atom. The topological polar surface area (TPSA) is 133 Å². The summed E-state index contributed by atoms with van der Waals surface area (Å²) in [5, 5.41) is 6.72. The summed E-state index contributed by atoms with van der Waals surface area (Å²) >= 11 is 0. The summed E-state index contributed by atoms with van der Waals surface area (Å²) < 4.78 is 11.2. The number of hydrogen-bond acceptors (Lipinski definition) is 10. The number of fused-ring (bicyclic) bond motifs is 1.